The maximum atomic E-state index is 13.4. The van der Waals surface area contributed by atoms with Gasteiger partial charge in [0.15, 0.2) is 0 Å². The maximum absolute atomic E-state index is 13.4. The number of aryl methyl sites for hydroxylation is 1. The average Bonchev–Trinajstić information content (AvgIpc) is 3.07. The molecule has 2 aromatic carbocycles. The first kappa shape index (κ1) is 19.3. The zero-order valence-corrected chi connectivity index (χ0v) is 16.2. The van der Waals surface area contributed by atoms with Gasteiger partial charge in [0.25, 0.3) is 0 Å². The Labute approximate surface area is 167 Å². The number of nitrogens with one attached hydrogen (secondary N) is 2. The summed E-state index contributed by atoms with van der Waals surface area (Å²) in [6.45, 7) is 3.41. The van der Waals surface area contributed by atoms with Crippen LogP contribution in [0.4, 0.5) is 26.1 Å². The Balaban J connectivity index is 1.39. The standard InChI is InChI=1S/C21H23F2N5O/c1-14-7-17(24-5-6-29-20-3-2-4-20)12-18(8-14)26-21-25-13-28(27-21)19-10-15(22)9-16(23)11-19/h7-13,20,24H,2-6H2,1H3,(H,26,27). The summed E-state index contributed by atoms with van der Waals surface area (Å²) in [6.07, 6.45) is 5.44. The SMILES string of the molecule is Cc1cc(NCCOC2CCC2)cc(Nc2ncn(-c3cc(F)cc(F)c3)n2)c1. The molecule has 0 amide bonds. The number of rotatable bonds is 8. The quantitative estimate of drug-likeness (QED) is 0.543. The smallest absolute Gasteiger partial charge is 0.246 e. The van der Waals surface area contributed by atoms with Gasteiger partial charge in [0.2, 0.25) is 5.95 Å². The normalized spacial score (nSPS) is 13.9. The van der Waals surface area contributed by atoms with E-state index in [2.05, 4.69) is 26.8 Å². The van der Waals surface area contributed by atoms with Crippen LogP contribution in [-0.4, -0.2) is 34.0 Å². The maximum Gasteiger partial charge on any atom is 0.246 e. The van der Waals surface area contributed by atoms with E-state index in [0.717, 1.165) is 29.5 Å². The van der Waals surface area contributed by atoms with Crippen molar-refractivity contribution in [2.24, 2.45) is 0 Å². The summed E-state index contributed by atoms with van der Waals surface area (Å²) in [6, 6.07) is 9.19. The van der Waals surface area contributed by atoms with Crippen molar-refractivity contribution in [1.82, 2.24) is 14.8 Å². The molecule has 0 radical (unpaired) electrons. The molecular formula is C21H23F2N5O. The molecule has 3 aromatic rings. The summed E-state index contributed by atoms with van der Waals surface area (Å²) in [5, 5.41) is 10.7. The zero-order valence-electron chi connectivity index (χ0n) is 16.2. The molecular weight excluding hydrogens is 376 g/mol. The van der Waals surface area contributed by atoms with Gasteiger partial charge < -0.3 is 15.4 Å². The van der Waals surface area contributed by atoms with Gasteiger partial charge in [0.05, 0.1) is 18.4 Å². The van der Waals surface area contributed by atoms with Gasteiger partial charge >= 0.3 is 0 Å². The van der Waals surface area contributed by atoms with Gasteiger partial charge in [-0.3, -0.25) is 0 Å². The first-order valence-corrected chi connectivity index (χ1v) is 9.67. The van der Waals surface area contributed by atoms with E-state index in [1.54, 1.807) is 0 Å². The summed E-state index contributed by atoms with van der Waals surface area (Å²) in [7, 11) is 0. The van der Waals surface area contributed by atoms with Crippen molar-refractivity contribution < 1.29 is 13.5 Å². The molecule has 1 aromatic heterocycles. The monoisotopic (exact) mass is 399 g/mol. The van der Waals surface area contributed by atoms with E-state index >= 15 is 0 Å². The Bertz CT molecular complexity index is 967. The minimum Gasteiger partial charge on any atom is -0.383 e. The molecule has 0 atom stereocenters. The van der Waals surface area contributed by atoms with Gasteiger partial charge in [-0.05, 0) is 62.1 Å². The van der Waals surface area contributed by atoms with Crippen LogP contribution in [0.25, 0.3) is 5.69 Å². The van der Waals surface area contributed by atoms with E-state index in [1.165, 1.54) is 42.4 Å². The Kier molecular flexibility index (Phi) is 5.71. The molecule has 1 aliphatic carbocycles. The van der Waals surface area contributed by atoms with Crippen LogP contribution in [-0.2, 0) is 4.74 Å². The second-order valence-corrected chi connectivity index (χ2v) is 7.20. The van der Waals surface area contributed by atoms with Gasteiger partial charge in [-0.2, -0.15) is 4.98 Å². The highest BCUT2D eigenvalue weighted by molar-refractivity contribution is 5.63. The molecule has 1 aliphatic rings. The second kappa shape index (κ2) is 8.57. The van der Waals surface area contributed by atoms with Gasteiger partial charge in [-0.1, -0.05) is 0 Å². The molecule has 0 unspecified atom stereocenters. The Hall–Kier alpha value is -3.00. The van der Waals surface area contributed by atoms with E-state index in [0.29, 0.717) is 18.7 Å². The summed E-state index contributed by atoms with van der Waals surface area (Å²) in [5.74, 6) is -0.999. The molecule has 2 N–H and O–H groups in total. The number of hydrogen-bond donors (Lipinski definition) is 2. The first-order chi connectivity index (χ1) is 14.0. The van der Waals surface area contributed by atoms with Crippen LogP contribution in [0.3, 0.4) is 0 Å². The molecule has 29 heavy (non-hydrogen) atoms. The largest absolute Gasteiger partial charge is 0.383 e. The summed E-state index contributed by atoms with van der Waals surface area (Å²) in [4.78, 5) is 4.17. The fourth-order valence-corrected chi connectivity index (χ4v) is 3.16. The highest BCUT2D eigenvalue weighted by Gasteiger charge is 2.17. The van der Waals surface area contributed by atoms with Crippen LogP contribution < -0.4 is 10.6 Å². The van der Waals surface area contributed by atoms with E-state index in [1.807, 2.05) is 19.1 Å². The van der Waals surface area contributed by atoms with Crippen molar-refractivity contribution in [2.75, 3.05) is 23.8 Å². The van der Waals surface area contributed by atoms with Crippen LogP contribution in [0.2, 0.25) is 0 Å². The fourth-order valence-electron chi connectivity index (χ4n) is 3.16. The lowest BCUT2D eigenvalue weighted by Crippen LogP contribution is -2.24. The lowest BCUT2D eigenvalue weighted by atomic mass is 9.96. The molecule has 8 heteroatoms. The number of hydrogen-bond acceptors (Lipinski definition) is 5. The predicted molar refractivity (Wildman–Crippen MR) is 108 cm³/mol. The molecule has 6 nitrogen and oxygen atoms in total. The summed E-state index contributed by atoms with van der Waals surface area (Å²) in [5.41, 5.74) is 3.12. The van der Waals surface area contributed by atoms with Crippen molar-refractivity contribution in [3.8, 4) is 5.69 Å². The lowest BCUT2D eigenvalue weighted by Gasteiger charge is -2.25. The van der Waals surface area contributed by atoms with E-state index in [9.17, 15) is 8.78 Å². The third kappa shape index (κ3) is 5.08. The Morgan fingerprint density at radius 1 is 1.07 bits per heavy atom. The third-order valence-corrected chi connectivity index (χ3v) is 4.77. The lowest BCUT2D eigenvalue weighted by molar-refractivity contribution is 0.00812. The molecule has 1 saturated carbocycles. The number of nitrogens with zero attached hydrogens (tertiary/aromatic N) is 3. The van der Waals surface area contributed by atoms with Gasteiger partial charge in [-0.25, -0.2) is 13.5 Å². The van der Waals surface area contributed by atoms with Crippen LogP contribution in [0, 0.1) is 18.6 Å². The molecule has 0 bridgehead atoms. The van der Waals surface area contributed by atoms with Crippen LogP contribution in [0.1, 0.15) is 24.8 Å². The highest BCUT2D eigenvalue weighted by Crippen LogP contribution is 2.23. The summed E-state index contributed by atoms with van der Waals surface area (Å²) >= 11 is 0. The zero-order chi connectivity index (χ0) is 20.2. The van der Waals surface area contributed by atoms with Crippen LogP contribution >= 0.6 is 0 Å². The molecule has 4 rings (SSSR count). The number of benzene rings is 2. The number of halogens is 2. The molecule has 0 aliphatic heterocycles. The predicted octanol–water partition coefficient (Wildman–Crippen LogP) is 4.58. The molecule has 1 heterocycles. The molecule has 0 saturated heterocycles. The van der Waals surface area contributed by atoms with Crippen molar-refractivity contribution >= 4 is 17.3 Å². The van der Waals surface area contributed by atoms with E-state index in [4.69, 9.17) is 4.74 Å². The minimum atomic E-state index is -0.666. The molecule has 1 fully saturated rings. The third-order valence-electron chi connectivity index (χ3n) is 4.77. The fraction of sp³-hybridized carbons (Fsp3) is 0.333. The topological polar surface area (TPSA) is 64.0 Å². The van der Waals surface area contributed by atoms with E-state index in [-0.39, 0.29) is 5.69 Å². The molecule has 0 spiro atoms. The van der Waals surface area contributed by atoms with Crippen LogP contribution in [0.15, 0.2) is 42.7 Å². The molecule has 152 valence electrons. The van der Waals surface area contributed by atoms with Crippen molar-refractivity contribution in [3.63, 3.8) is 0 Å². The highest BCUT2D eigenvalue weighted by atomic mass is 19.1. The van der Waals surface area contributed by atoms with Gasteiger partial charge in [0.1, 0.15) is 18.0 Å². The average molecular weight is 399 g/mol. The van der Waals surface area contributed by atoms with Crippen molar-refractivity contribution in [2.45, 2.75) is 32.3 Å². The van der Waals surface area contributed by atoms with Crippen molar-refractivity contribution in [1.29, 1.82) is 0 Å². The van der Waals surface area contributed by atoms with Gasteiger partial charge in [0, 0.05) is 24.0 Å². The summed E-state index contributed by atoms with van der Waals surface area (Å²) < 4.78 is 33.9. The van der Waals surface area contributed by atoms with Gasteiger partial charge in [-0.15, -0.1) is 5.10 Å². The number of aromatic nitrogens is 3. The minimum absolute atomic E-state index is 0.265. The second-order valence-electron chi connectivity index (χ2n) is 7.20. The van der Waals surface area contributed by atoms with E-state index < -0.39 is 11.6 Å². The number of ether oxygens (including phenoxy) is 1. The Morgan fingerprint density at radius 3 is 2.55 bits per heavy atom. The number of anilines is 3. The van der Waals surface area contributed by atoms with Crippen molar-refractivity contribution in [3.05, 3.63) is 59.9 Å². The van der Waals surface area contributed by atoms with Crippen LogP contribution in [0.5, 0.6) is 0 Å². The Morgan fingerprint density at radius 2 is 1.83 bits per heavy atom. The first-order valence-electron chi connectivity index (χ1n) is 9.67.